The minimum atomic E-state index is -1.07. The number of nitrogens with zero attached hydrogens (tertiary/aromatic N) is 1. The van der Waals surface area contributed by atoms with E-state index in [1.807, 2.05) is 67.8 Å². The van der Waals surface area contributed by atoms with Crippen molar-refractivity contribution in [3.8, 4) is 11.1 Å². The molecule has 0 aliphatic rings. The summed E-state index contributed by atoms with van der Waals surface area (Å²) in [6, 6.07) is 24.0. The zero-order valence-electron chi connectivity index (χ0n) is 26.0. The lowest BCUT2D eigenvalue weighted by Gasteiger charge is -2.28. The number of hydrogen-bond acceptors (Lipinski definition) is 4. The Morgan fingerprint density at radius 3 is 2.27 bits per heavy atom. The predicted octanol–water partition coefficient (Wildman–Crippen LogP) is 8.43. The molecule has 0 aliphatic heterocycles. The molecule has 8 heteroatoms. The van der Waals surface area contributed by atoms with Crippen molar-refractivity contribution >= 4 is 29.3 Å². The molecule has 0 saturated carbocycles. The second-order valence-corrected chi connectivity index (χ2v) is 12.2. The molecule has 4 aromatic rings. The standard InChI is InChI=1S/C37H40F2N2O3S/c1-4-5-11-28-12-7-9-14-35(28)41(24-27-19-29(38)22-30(39)20-27)23-26-15-16-32(33(21-26)31-13-8-6-10-25(31)2)36(42)40-34(37(43)44)17-18-45-3/h6-10,12-16,19-22,34H,4-5,11,17-18,23-24H2,1-3H3,(H,40,42)(H,43,44). The number of rotatable bonds is 15. The van der Waals surface area contributed by atoms with Crippen molar-refractivity contribution in [1.82, 2.24) is 5.32 Å². The number of carbonyl (C=O) groups excluding carboxylic acids is 1. The summed E-state index contributed by atoms with van der Waals surface area (Å²) in [4.78, 5) is 27.6. The number of hydrogen-bond donors (Lipinski definition) is 2. The van der Waals surface area contributed by atoms with E-state index in [0.29, 0.717) is 35.4 Å². The van der Waals surface area contributed by atoms with Gasteiger partial charge >= 0.3 is 5.97 Å². The highest BCUT2D eigenvalue weighted by molar-refractivity contribution is 7.98. The van der Waals surface area contributed by atoms with E-state index in [-0.39, 0.29) is 6.54 Å². The predicted molar refractivity (Wildman–Crippen MR) is 180 cm³/mol. The van der Waals surface area contributed by atoms with E-state index in [1.54, 1.807) is 6.07 Å². The summed E-state index contributed by atoms with van der Waals surface area (Å²) in [6.45, 7) is 4.79. The average Bonchev–Trinajstić information content (AvgIpc) is 3.01. The van der Waals surface area contributed by atoms with Crippen molar-refractivity contribution in [2.24, 2.45) is 0 Å². The number of para-hydroxylation sites is 1. The zero-order valence-corrected chi connectivity index (χ0v) is 26.8. The van der Waals surface area contributed by atoms with E-state index in [9.17, 15) is 23.5 Å². The van der Waals surface area contributed by atoms with Gasteiger partial charge in [0.25, 0.3) is 5.91 Å². The number of aryl methyl sites for hydroxylation is 2. The third-order valence-electron chi connectivity index (χ3n) is 7.78. The first kappa shape index (κ1) is 33.7. The lowest BCUT2D eigenvalue weighted by Crippen LogP contribution is -2.41. The maximum atomic E-state index is 14.2. The van der Waals surface area contributed by atoms with Crippen LogP contribution in [-0.4, -0.2) is 35.0 Å². The topological polar surface area (TPSA) is 69.6 Å². The maximum absolute atomic E-state index is 14.2. The average molecular weight is 631 g/mol. The Morgan fingerprint density at radius 2 is 1.58 bits per heavy atom. The van der Waals surface area contributed by atoms with Gasteiger partial charge in [0.1, 0.15) is 17.7 Å². The molecule has 5 nitrogen and oxygen atoms in total. The molecular formula is C37H40F2N2O3S. The number of unbranched alkanes of at least 4 members (excludes halogenated alkanes) is 1. The van der Waals surface area contributed by atoms with Gasteiger partial charge in [-0.2, -0.15) is 11.8 Å². The fraction of sp³-hybridized carbons (Fsp3) is 0.297. The van der Waals surface area contributed by atoms with Crippen LogP contribution < -0.4 is 10.2 Å². The summed E-state index contributed by atoms with van der Waals surface area (Å²) in [5.74, 6) is -2.17. The third kappa shape index (κ3) is 9.17. The van der Waals surface area contributed by atoms with Crippen molar-refractivity contribution in [2.45, 2.75) is 58.7 Å². The Balaban J connectivity index is 1.77. The molecule has 0 saturated heterocycles. The molecule has 0 fully saturated rings. The highest BCUT2D eigenvalue weighted by atomic mass is 32.2. The number of nitrogens with one attached hydrogen (secondary N) is 1. The minimum Gasteiger partial charge on any atom is -0.480 e. The molecule has 0 spiro atoms. The molecule has 0 bridgehead atoms. The SMILES string of the molecule is CCCCc1ccccc1N(Cc1cc(F)cc(F)c1)Cc1ccc(C(=O)NC(CCSC)C(=O)O)c(-c2ccccc2C)c1. The molecule has 0 aliphatic carbocycles. The number of carbonyl (C=O) groups is 2. The van der Waals surface area contributed by atoms with Crippen LogP contribution in [0, 0.1) is 18.6 Å². The second-order valence-electron chi connectivity index (χ2n) is 11.2. The number of thioether (sulfide) groups is 1. The Bertz CT molecular complexity index is 1610. The number of benzene rings is 4. The first-order valence-corrected chi connectivity index (χ1v) is 16.6. The highest BCUT2D eigenvalue weighted by Crippen LogP contribution is 2.31. The van der Waals surface area contributed by atoms with E-state index < -0.39 is 29.6 Å². The van der Waals surface area contributed by atoms with E-state index in [0.717, 1.165) is 53.3 Å². The molecule has 4 rings (SSSR count). The Hall–Kier alpha value is -4.17. The molecule has 236 valence electrons. The smallest absolute Gasteiger partial charge is 0.326 e. The van der Waals surface area contributed by atoms with Gasteiger partial charge in [-0.3, -0.25) is 4.79 Å². The first-order valence-electron chi connectivity index (χ1n) is 15.2. The quantitative estimate of drug-likeness (QED) is 0.138. The third-order valence-corrected chi connectivity index (χ3v) is 8.42. The summed E-state index contributed by atoms with van der Waals surface area (Å²) in [5, 5.41) is 12.5. The lowest BCUT2D eigenvalue weighted by atomic mass is 9.93. The summed E-state index contributed by atoms with van der Waals surface area (Å²) < 4.78 is 28.5. The fourth-order valence-electron chi connectivity index (χ4n) is 5.48. The van der Waals surface area contributed by atoms with Gasteiger partial charge in [-0.15, -0.1) is 0 Å². The normalized spacial score (nSPS) is 11.7. The van der Waals surface area contributed by atoms with E-state index in [4.69, 9.17) is 0 Å². The minimum absolute atomic E-state index is 0.273. The molecular weight excluding hydrogens is 590 g/mol. The fourth-order valence-corrected chi connectivity index (χ4v) is 5.95. The Kier molecular flexibility index (Phi) is 12.2. The van der Waals surface area contributed by atoms with Crippen LogP contribution in [0.1, 0.15) is 58.8 Å². The zero-order chi connectivity index (χ0) is 32.3. The van der Waals surface area contributed by atoms with Crippen LogP contribution in [0.15, 0.2) is 84.9 Å². The number of amides is 1. The van der Waals surface area contributed by atoms with Crippen LogP contribution in [-0.2, 0) is 24.3 Å². The molecule has 0 radical (unpaired) electrons. The Morgan fingerprint density at radius 1 is 0.889 bits per heavy atom. The van der Waals surface area contributed by atoms with E-state index in [1.165, 1.54) is 23.9 Å². The largest absolute Gasteiger partial charge is 0.480 e. The van der Waals surface area contributed by atoms with Crippen molar-refractivity contribution in [2.75, 3.05) is 16.9 Å². The summed E-state index contributed by atoms with van der Waals surface area (Å²) >= 11 is 1.52. The molecule has 2 N–H and O–H groups in total. The van der Waals surface area contributed by atoms with E-state index >= 15 is 0 Å². The van der Waals surface area contributed by atoms with Crippen molar-refractivity contribution in [1.29, 1.82) is 0 Å². The van der Waals surface area contributed by atoms with Gasteiger partial charge < -0.3 is 15.3 Å². The van der Waals surface area contributed by atoms with Gasteiger partial charge in [0.15, 0.2) is 0 Å². The van der Waals surface area contributed by atoms with Crippen LogP contribution in [0.25, 0.3) is 11.1 Å². The van der Waals surface area contributed by atoms with Crippen LogP contribution in [0.3, 0.4) is 0 Å². The summed E-state index contributed by atoms with van der Waals surface area (Å²) in [5.41, 5.74) is 6.44. The van der Waals surface area contributed by atoms with Crippen LogP contribution in [0.5, 0.6) is 0 Å². The van der Waals surface area contributed by atoms with Gasteiger partial charge in [-0.1, -0.05) is 61.9 Å². The van der Waals surface area contributed by atoms with Crippen molar-refractivity contribution < 1.29 is 23.5 Å². The Labute approximate surface area is 268 Å². The molecule has 0 heterocycles. The van der Waals surface area contributed by atoms with Crippen LogP contribution in [0.2, 0.25) is 0 Å². The molecule has 1 atom stereocenters. The summed E-state index contributed by atoms with van der Waals surface area (Å²) in [6.07, 6.45) is 5.12. The van der Waals surface area contributed by atoms with Gasteiger partial charge in [0.05, 0.1) is 0 Å². The molecule has 1 amide bonds. The second kappa shape index (κ2) is 16.2. The number of carboxylic acid groups (broad SMARTS) is 1. The molecule has 1 unspecified atom stereocenters. The van der Waals surface area contributed by atoms with Crippen LogP contribution in [0.4, 0.5) is 14.5 Å². The molecule has 45 heavy (non-hydrogen) atoms. The van der Waals surface area contributed by atoms with Gasteiger partial charge in [0.2, 0.25) is 0 Å². The number of aliphatic carboxylic acids is 1. The molecule has 0 aromatic heterocycles. The summed E-state index contributed by atoms with van der Waals surface area (Å²) in [7, 11) is 0. The number of anilines is 1. The maximum Gasteiger partial charge on any atom is 0.326 e. The van der Waals surface area contributed by atoms with Gasteiger partial charge in [0, 0.05) is 30.4 Å². The lowest BCUT2D eigenvalue weighted by molar-refractivity contribution is -0.139. The van der Waals surface area contributed by atoms with Gasteiger partial charge in [-0.05, 0) is 102 Å². The number of halogens is 2. The van der Waals surface area contributed by atoms with Gasteiger partial charge in [-0.25, -0.2) is 13.6 Å². The monoisotopic (exact) mass is 630 g/mol. The first-order chi connectivity index (χ1) is 21.7. The molecule has 4 aromatic carbocycles. The van der Waals surface area contributed by atoms with Crippen molar-refractivity contribution in [3.63, 3.8) is 0 Å². The van der Waals surface area contributed by atoms with Crippen molar-refractivity contribution in [3.05, 3.63) is 124 Å². The number of carboxylic acids is 1. The van der Waals surface area contributed by atoms with Crippen LogP contribution >= 0.6 is 11.8 Å². The highest BCUT2D eigenvalue weighted by Gasteiger charge is 2.23. The van der Waals surface area contributed by atoms with E-state index in [2.05, 4.69) is 23.2 Å².